The van der Waals surface area contributed by atoms with Gasteiger partial charge in [-0.05, 0) is 17.7 Å². The van der Waals surface area contributed by atoms with Crippen LogP contribution in [0.25, 0.3) is 11.1 Å². The minimum atomic E-state index is -1.17. The van der Waals surface area contributed by atoms with Gasteiger partial charge in [-0.3, -0.25) is 9.59 Å². The first-order valence-corrected chi connectivity index (χ1v) is 8.11. The van der Waals surface area contributed by atoms with Gasteiger partial charge >= 0.3 is 5.97 Å². The third kappa shape index (κ3) is 4.00. The van der Waals surface area contributed by atoms with Crippen LogP contribution in [0.15, 0.2) is 52.9 Å². The number of carbonyl (C=O) groups is 2. The number of carboxylic acids is 1. The maximum absolute atomic E-state index is 11.4. The minimum absolute atomic E-state index is 0.00105. The van der Waals surface area contributed by atoms with Crippen LogP contribution in [0.4, 0.5) is 5.69 Å². The Hall–Kier alpha value is -2.80. The van der Waals surface area contributed by atoms with Gasteiger partial charge in [-0.1, -0.05) is 36.4 Å². The molecule has 25 heavy (non-hydrogen) atoms. The van der Waals surface area contributed by atoms with Crippen molar-refractivity contribution in [3.05, 3.63) is 60.0 Å². The number of aromatic nitrogens is 1. The van der Waals surface area contributed by atoms with Gasteiger partial charge < -0.3 is 14.8 Å². The van der Waals surface area contributed by atoms with Crippen molar-refractivity contribution in [1.82, 2.24) is 4.98 Å². The second-order valence-electron chi connectivity index (χ2n) is 5.53. The lowest BCUT2D eigenvalue weighted by molar-refractivity contribution is -0.140. The van der Waals surface area contributed by atoms with Gasteiger partial charge in [0.25, 0.3) is 0 Å². The standard InChI is InChI=1S/C18H16N2O4S/c21-15(25)9-12(18(22)23)17-20-16-13(7-4-8-14(16)24-17)19-10-11-5-2-1-3-6-11/h1-8,12,19H,9-10H2,(H,21,25)(H,22,23). The van der Waals surface area contributed by atoms with E-state index in [0.29, 0.717) is 17.6 Å². The Morgan fingerprint density at radius 1 is 1.16 bits per heavy atom. The van der Waals surface area contributed by atoms with E-state index in [9.17, 15) is 14.7 Å². The topological polar surface area (TPSA) is 92.4 Å². The Balaban J connectivity index is 1.89. The summed E-state index contributed by atoms with van der Waals surface area (Å²) < 4.78 is 5.57. The number of aliphatic carboxylic acids is 1. The Morgan fingerprint density at radius 3 is 2.60 bits per heavy atom. The number of nitrogens with zero attached hydrogens (tertiary/aromatic N) is 1. The molecule has 6 nitrogen and oxygen atoms in total. The Kier molecular flexibility index (Phi) is 5.04. The minimum Gasteiger partial charge on any atom is -0.481 e. The molecule has 1 unspecified atom stereocenters. The molecule has 0 amide bonds. The molecule has 0 aliphatic heterocycles. The molecule has 128 valence electrons. The number of rotatable bonds is 7. The molecule has 1 atom stereocenters. The van der Waals surface area contributed by atoms with Crippen molar-refractivity contribution in [2.75, 3.05) is 5.32 Å². The molecule has 1 heterocycles. The molecule has 0 saturated carbocycles. The van der Waals surface area contributed by atoms with Gasteiger partial charge in [-0.25, -0.2) is 4.98 Å². The van der Waals surface area contributed by atoms with E-state index >= 15 is 0 Å². The summed E-state index contributed by atoms with van der Waals surface area (Å²) in [4.78, 5) is 26.9. The summed E-state index contributed by atoms with van der Waals surface area (Å²) in [5, 5.41) is 12.1. The van der Waals surface area contributed by atoms with Crippen molar-refractivity contribution >= 4 is 40.5 Å². The zero-order chi connectivity index (χ0) is 17.8. The van der Waals surface area contributed by atoms with Crippen molar-refractivity contribution in [3.63, 3.8) is 0 Å². The fraction of sp³-hybridized carbons (Fsp3) is 0.167. The van der Waals surface area contributed by atoms with E-state index < -0.39 is 17.0 Å². The molecule has 0 radical (unpaired) electrons. The molecule has 3 rings (SSSR count). The lowest BCUT2D eigenvalue weighted by Gasteiger charge is -2.06. The van der Waals surface area contributed by atoms with Gasteiger partial charge in [-0.2, -0.15) is 0 Å². The molecule has 0 saturated heterocycles. The van der Waals surface area contributed by atoms with E-state index in [2.05, 4.69) is 22.9 Å². The molecule has 2 aromatic carbocycles. The maximum atomic E-state index is 11.4. The van der Waals surface area contributed by atoms with Gasteiger partial charge in [0.05, 0.1) is 5.69 Å². The number of hydrogen-bond donors (Lipinski definition) is 3. The largest absolute Gasteiger partial charge is 0.481 e. The summed E-state index contributed by atoms with van der Waals surface area (Å²) >= 11 is 3.66. The molecule has 1 aromatic heterocycles. The van der Waals surface area contributed by atoms with Gasteiger partial charge in [0.2, 0.25) is 5.89 Å². The predicted octanol–water partition coefficient (Wildman–Crippen LogP) is 3.45. The summed E-state index contributed by atoms with van der Waals surface area (Å²) in [5.74, 6) is -2.33. The number of fused-ring (bicyclic) bond motifs is 1. The second kappa shape index (κ2) is 7.40. The van der Waals surface area contributed by atoms with E-state index in [-0.39, 0.29) is 12.3 Å². The van der Waals surface area contributed by atoms with Crippen molar-refractivity contribution < 1.29 is 19.1 Å². The molecule has 2 N–H and O–H groups in total. The number of anilines is 1. The summed E-state index contributed by atoms with van der Waals surface area (Å²) in [5.41, 5.74) is 2.84. The fourth-order valence-corrected chi connectivity index (χ4v) is 2.69. The average molecular weight is 356 g/mol. The van der Waals surface area contributed by atoms with Gasteiger partial charge in [0.15, 0.2) is 10.7 Å². The highest BCUT2D eigenvalue weighted by atomic mass is 32.1. The van der Waals surface area contributed by atoms with Crippen LogP contribution in [0.1, 0.15) is 23.8 Å². The van der Waals surface area contributed by atoms with Crippen LogP contribution in [0.3, 0.4) is 0 Å². The van der Waals surface area contributed by atoms with Gasteiger partial charge in [0, 0.05) is 13.0 Å². The lowest BCUT2D eigenvalue weighted by Crippen LogP contribution is -2.14. The number of hydrogen-bond acceptors (Lipinski definition) is 5. The molecule has 3 aromatic rings. The maximum Gasteiger partial charge on any atom is 0.316 e. The number of thiol groups is 1. The molecule has 0 aliphatic carbocycles. The Morgan fingerprint density at radius 2 is 1.92 bits per heavy atom. The van der Waals surface area contributed by atoms with E-state index in [1.807, 2.05) is 36.4 Å². The molecule has 0 aliphatic rings. The Labute approximate surface area is 149 Å². The van der Waals surface area contributed by atoms with Crippen molar-refractivity contribution in [1.29, 1.82) is 0 Å². The number of carboxylic acid groups (broad SMARTS) is 1. The number of carbonyl (C=O) groups excluding carboxylic acids is 1. The summed E-state index contributed by atoms with van der Waals surface area (Å²) in [6, 6.07) is 15.2. The first-order valence-electron chi connectivity index (χ1n) is 7.66. The highest BCUT2D eigenvalue weighted by Crippen LogP contribution is 2.29. The van der Waals surface area contributed by atoms with E-state index in [0.717, 1.165) is 11.3 Å². The summed E-state index contributed by atoms with van der Waals surface area (Å²) in [6.45, 7) is 0.597. The first-order chi connectivity index (χ1) is 12.0. The zero-order valence-corrected chi connectivity index (χ0v) is 14.1. The number of oxazole rings is 1. The number of nitrogens with one attached hydrogen (secondary N) is 1. The SMILES string of the molecule is O=C(S)CC(C(=O)O)c1nc2c(NCc3ccccc3)cccc2o1. The number of benzene rings is 2. The van der Waals surface area contributed by atoms with Crippen LogP contribution in [0.2, 0.25) is 0 Å². The molecule has 0 fully saturated rings. The monoisotopic (exact) mass is 356 g/mol. The van der Waals surface area contributed by atoms with Crippen LogP contribution in [0, 0.1) is 0 Å². The smallest absolute Gasteiger partial charge is 0.316 e. The van der Waals surface area contributed by atoms with Crippen LogP contribution < -0.4 is 5.32 Å². The van der Waals surface area contributed by atoms with Crippen molar-refractivity contribution in [2.45, 2.75) is 18.9 Å². The normalized spacial score (nSPS) is 12.0. The third-order valence-corrected chi connectivity index (χ3v) is 3.92. The molecule has 7 heteroatoms. The number of para-hydroxylation sites is 1. The van der Waals surface area contributed by atoms with Crippen LogP contribution >= 0.6 is 12.6 Å². The van der Waals surface area contributed by atoms with Crippen molar-refractivity contribution in [2.24, 2.45) is 0 Å². The van der Waals surface area contributed by atoms with Crippen LogP contribution in [-0.4, -0.2) is 21.2 Å². The van der Waals surface area contributed by atoms with Gasteiger partial charge in [0.1, 0.15) is 11.4 Å². The average Bonchev–Trinajstić information content (AvgIpc) is 3.02. The van der Waals surface area contributed by atoms with E-state index in [1.165, 1.54) is 0 Å². The molecular formula is C18H16N2O4S. The molecular weight excluding hydrogens is 340 g/mol. The fourth-order valence-electron chi connectivity index (χ4n) is 2.51. The van der Waals surface area contributed by atoms with Crippen LogP contribution in [-0.2, 0) is 16.1 Å². The quantitative estimate of drug-likeness (QED) is 0.562. The highest BCUT2D eigenvalue weighted by Gasteiger charge is 2.28. The van der Waals surface area contributed by atoms with Gasteiger partial charge in [-0.15, -0.1) is 12.6 Å². The third-order valence-electron chi connectivity index (χ3n) is 3.74. The highest BCUT2D eigenvalue weighted by molar-refractivity contribution is 7.96. The summed E-state index contributed by atoms with van der Waals surface area (Å²) in [6.07, 6.45) is -0.280. The lowest BCUT2D eigenvalue weighted by atomic mass is 10.1. The predicted molar refractivity (Wildman–Crippen MR) is 96.8 cm³/mol. The van der Waals surface area contributed by atoms with E-state index in [1.54, 1.807) is 12.1 Å². The zero-order valence-electron chi connectivity index (χ0n) is 13.2. The first kappa shape index (κ1) is 17.0. The van der Waals surface area contributed by atoms with Crippen LogP contribution in [0.5, 0.6) is 0 Å². The molecule has 0 bridgehead atoms. The van der Waals surface area contributed by atoms with E-state index in [4.69, 9.17) is 4.42 Å². The van der Waals surface area contributed by atoms with Crippen molar-refractivity contribution in [3.8, 4) is 0 Å². The Bertz CT molecular complexity index is 908. The summed E-state index contributed by atoms with van der Waals surface area (Å²) in [7, 11) is 0. The molecule has 0 spiro atoms. The second-order valence-corrected chi connectivity index (χ2v) is 6.03.